The molecule has 1 aromatic heterocycles. The molecule has 2 rings (SSSR count). The van der Waals surface area contributed by atoms with Gasteiger partial charge in [-0.3, -0.25) is 4.63 Å². The lowest BCUT2D eigenvalue weighted by molar-refractivity contribution is -0.782. The van der Waals surface area contributed by atoms with E-state index in [-0.39, 0.29) is 0 Å². The summed E-state index contributed by atoms with van der Waals surface area (Å²) in [6.45, 7) is 1.91. The van der Waals surface area contributed by atoms with Crippen LogP contribution in [0.15, 0.2) is 22.8 Å². The minimum absolute atomic E-state index is 0.405. The number of aryl methyl sites for hydroxylation is 1. The van der Waals surface area contributed by atoms with Gasteiger partial charge in [0.05, 0.1) is 0 Å². The number of rotatable bonds is 0. The van der Waals surface area contributed by atoms with Crippen LogP contribution < -0.4 is 4.90 Å². The smallest absolute Gasteiger partial charge is 0.248 e. The van der Waals surface area contributed by atoms with E-state index in [0.717, 1.165) is 5.56 Å². The predicted octanol–water partition coefficient (Wildman–Crippen LogP) is 0.770. The van der Waals surface area contributed by atoms with Gasteiger partial charge < -0.3 is 5.21 Å². The van der Waals surface area contributed by atoms with Crippen LogP contribution in [0.25, 0.3) is 11.0 Å². The fraction of sp³-hybridized carbons (Fsp3) is 0.143. The summed E-state index contributed by atoms with van der Waals surface area (Å²) in [7, 11) is 0. The molecule has 0 bridgehead atoms. The van der Waals surface area contributed by atoms with Crippen molar-refractivity contribution in [2.45, 2.75) is 6.92 Å². The molecular formula is C7H6N2O2. The molecule has 0 saturated carbocycles. The van der Waals surface area contributed by atoms with Crippen LogP contribution >= 0.6 is 0 Å². The summed E-state index contributed by atoms with van der Waals surface area (Å²) in [5.41, 5.74) is 2.08. The van der Waals surface area contributed by atoms with Crippen LogP contribution in [-0.2, 0) is 0 Å². The summed E-state index contributed by atoms with van der Waals surface area (Å²) in [6, 6.07) is 5.37. The van der Waals surface area contributed by atoms with Crippen molar-refractivity contribution in [2.24, 2.45) is 0 Å². The third-order valence-electron chi connectivity index (χ3n) is 1.54. The van der Waals surface area contributed by atoms with Gasteiger partial charge >= 0.3 is 0 Å². The van der Waals surface area contributed by atoms with E-state index in [2.05, 4.69) is 9.79 Å². The summed E-state index contributed by atoms with van der Waals surface area (Å²) in [5, 5.41) is 14.4. The summed E-state index contributed by atoms with van der Waals surface area (Å²) in [6.07, 6.45) is 0. The first kappa shape index (κ1) is 6.15. The first-order valence-corrected chi connectivity index (χ1v) is 3.23. The number of fused-ring (bicyclic) bond motifs is 1. The SMILES string of the molecule is Cc1ccc2no[n+]([O-])c2c1. The van der Waals surface area contributed by atoms with Gasteiger partial charge in [-0.05, 0) is 29.5 Å². The molecule has 11 heavy (non-hydrogen) atoms. The zero-order valence-electron chi connectivity index (χ0n) is 5.94. The van der Waals surface area contributed by atoms with E-state index in [1.807, 2.05) is 13.0 Å². The lowest BCUT2D eigenvalue weighted by Gasteiger charge is -1.87. The molecule has 4 heteroatoms. The Labute approximate surface area is 62.6 Å². The Bertz CT molecular complexity index is 394. The second-order valence-electron chi connectivity index (χ2n) is 2.42. The Hall–Kier alpha value is -1.58. The lowest BCUT2D eigenvalue weighted by atomic mass is 10.2. The van der Waals surface area contributed by atoms with Crippen molar-refractivity contribution in [3.8, 4) is 0 Å². The molecule has 2 aromatic rings. The standard InChI is InChI=1S/C7H6N2O2/c1-5-2-3-6-7(4-5)9(10)11-8-6/h2-4H,1H3. The van der Waals surface area contributed by atoms with E-state index in [4.69, 9.17) is 0 Å². The number of hydrogen-bond donors (Lipinski definition) is 0. The molecule has 0 aliphatic heterocycles. The van der Waals surface area contributed by atoms with E-state index >= 15 is 0 Å². The van der Waals surface area contributed by atoms with Gasteiger partial charge in [0.1, 0.15) is 0 Å². The van der Waals surface area contributed by atoms with Crippen molar-refractivity contribution in [3.05, 3.63) is 29.0 Å². The molecule has 0 amide bonds. The molecule has 0 radical (unpaired) electrons. The highest BCUT2D eigenvalue weighted by molar-refractivity contribution is 5.70. The predicted molar refractivity (Wildman–Crippen MR) is 37.7 cm³/mol. The van der Waals surface area contributed by atoms with Crippen molar-refractivity contribution in [2.75, 3.05) is 0 Å². The maximum Gasteiger partial charge on any atom is 0.248 e. The Morgan fingerprint density at radius 3 is 3.18 bits per heavy atom. The largest absolute Gasteiger partial charge is 0.359 e. The number of benzene rings is 1. The molecule has 1 aromatic carbocycles. The van der Waals surface area contributed by atoms with Gasteiger partial charge in [0, 0.05) is 5.16 Å². The number of nitrogens with zero attached hydrogens (tertiary/aromatic N) is 2. The second kappa shape index (κ2) is 1.95. The third-order valence-corrected chi connectivity index (χ3v) is 1.54. The van der Waals surface area contributed by atoms with Crippen LogP contribution in [0.1, 0.15) is 5.56 Å². The van der Waals surface area contributed by atoms with Crippen molar-refractivity contribution in [1.82, 2.24) is 5.16 Å². The lowest BCUT2D eigenvalue weighted by Crippen LogP contribution is -2.22. The first-order chi connectivity index (χ1) is 5.27. The summed E-state index contributed by atoms with van der Waals surface area (Å²) in [5.74, 6) is 0. The Balaban J connectivity index is 2.87. The number of hydrogen-bond acceptors (Lipinski definition) is 3. The topological polar surface area (TPSA) is 53.0 Å². The normalized spacial score (nSPS) is 10.6. The highest BCUT2D eigenvalue weighted by Gasteiger charge is 2.06. The molecule has 0 N–H and O–H groups in total. The molecule has 0 atom stereocenters. The van der Waals surface area contributed by atoms with E-state index in [0.29, 0.717) is 15.9 Å². The minimum Gasteiger partial charge on any atom is -0.359 e. The summed E-state index contributed by atoms with van der Waals surface area (Å²) >= 11 is 0. The van der Waals surface area contributed by atoms with Gasteiger partial charge in [0.25, 0.3) is 0 Å². The van der Waals surface area contributed by atoms with Crippen LogP contribution in [-0.4, -0.2) is 5.16 Å². The average molecular weight is 150 g/mol. The van der Waals surface area contributed by atoms with Crippen molar-refractivity contribution < 1.29 is 9.53 Å². The minimum atomic E-state index is 0.405. The maximum atomic E-state index is 10.8. The van der Waals surface area contributed by atoms with Crippen LogP contribution in [0.5, 0.6) is 0 Å². The van der Waals surface area contributed by atoms with Crippen molar-refractivity contribution >= 4 is 11.0 Å². The van der Waals surface area contributed by atoms with E-state index in [1.165, 1.54) is 0 Å². The van der Waals surface area contributed by atoms with E-state index < -0.39 is 0 Å². The van der Waals surface area contributed by atoms with Gasteiger partial charge in [-0.15, -0.1) is 0 Å². The van der Waals surface area contributed by atoms with Gasteiger partial charge in [-0.2, -0.15) is 0 Å². The van der Waals surface area contributed by atoms with Gasteiger partial charge in [-0.1, -0.05) is 6.07 Å². The van der Waals surface area contributed by atoms with Crippen LogP contribution in [0.3, 0.4) is 0 Å². The number of aromatic nitrogens is 2. The second-order valence-corrected chi connectivity index (χ2v) is 2.42. The molecule has 1 heterocycles. The molecule has 0 aliphatic carbocycles. The van der Waals surface area contributed by atoms with E-state index in [9.17, 15) is 5.21 Å². The zero-order valence-corrected chi connectivity index (χ0v) is 5.94. The summed E-state index contributed by atoms with van der Waals surface area (Å²) in [4.78, 5) is 0.405. The Morgan fingerprint density at radius 2 is 2.36 bits per heavy atom. The van der Waals surface area contributed by atoms with Gasteiger partial charge in [0.15, 0.2) is 0 Å². The molecular weight excluding hydrogens is 144 g/mol. The van der Waals surface area contributed by atoms with Crippen molar-refractivity contribution in [1.29, 1.82) is 0 Å². The van der Waals surface area contributed by atoms with E-state index in [1.54, 1.807) is 12.1 Å². The molecule has 0 unspecified atom stereocenters. The monoisotopic (exact) mass is 150 g/mol. The summed E-state index contributed by atoms with van der Waals surface area (Å²) < 4.78 is 4.38. The van der Waals surface area contributed by atoms with Gasteiger partial charge in [-0.25, -0.2) is 0 Å². The molecule has 0 spiro atoms. The highest BCUT2D eigenvalue weighted by Crippen LogP contribution is 2.08. The average Bonchev–Trinajstić information content (AvgIpc) is 2.33. The molecule has 0 saturated heterocycles. The van der Waals surface area contributed by atoms with Crippen LogP contribution in [0, 0.1) is 12.1 Å². The first-order valence-electron chi connectivity index (χ1n) is 3.23. The van der Waals surface area contributed by atoms with Crippen molar-refractivity contribution in [3.63, 3.8) is 0 Å². The zero-order chi connectivity index (χ0) is 7.84. The molecule has 56 valence electrons. The van der Waals surface area contributed by atoms with Gasteiger partial charge in [0.2, 0.25) is 11.0 Å². The fourth-order valence-electron chi connectivity index (χ4n) is 0.982. The molecule has 0 aliphatic rings. The third kappa shape index (κ3) is 0.832. The fourth-order valence-corrected chi connectivity index (χ4v) is 0.982. The Morgan fingerprint density at radius 1 is 1.55 bits per heavy atom. The maximum absolute atomic E-state index is 10.8. The van der Waals surface area contributed by atoms with Crippen LogP contribution in [0.2, 0.25) is 0 Å². The quantitative estimate of drug-likeness (QED) is 0.521. The highest BCUT2D eigenvalue weighted by atomic mass is 16.8. The Kier molecular flexibility index (Phi) is 1.09. The molecule has 4 nitrogen and oxygen atoms in total. The van der Waals surface area contributed by atoms with Crippen LogP contribution in [0.4, 0.5) is 0 Å². The molecule has 0 fully saturated rings.